The van der Waals surface area contributed by atoms with E-state index in [9.17, 15) is 4.79 Å². The monoisotopic (exact) mass is 360 g/mol. The van der Waals surface area contributed by atoms with Crippen molar-refractivity contribution in [2.75, 3.05) is 0 Å². The maximum Gasteiger partial charge on any atom is 0.260 e. The van der Waals surface area contributed by atoms with Crippen LogP contribution in [0.5, 0.6) is 0 Å². The van der Waals surface area contributed by atoms with Crippen LogP contribution >= 0.6 is 11.3 Å². The van der Waals surface area contributed by atoms with Gasteiger partial charge in [-0.2, -0.15) is 4.57 Å². The molecule has 128 valence electrons. The number of rotatable bonds is 3. The molecule has 0 radical (unpaired) electrons. The number of aryl methyl sites for hydroxylation is 2. The highest BCUT2D eigenvalue weighted by atomic mass is 32.1. The summed E-state index contributed by atoms with van der Waals surface area (Å²) < 4.78 is 2.06. The molecule has 1 N–H and O–H groups in total. The lowest BCUT2D eigenvalue weighted by Gasteiger charge is -2.02. The molecule has 1 aromatic carbocycles. The van der Waals surface area contributed by atoms with Crippen LogP contribution in [0.15, 0.2) is 59.7 Å². The van der Waals surface area contributed by atoms with Gasteiger partial charge in [0.2, 0.25) is 6.54 Å². The summed E-state index contributed by atoms with van der Waals surface area (Å²) in [5.41, 5.74) is 3.55. The highest BCUT2D eigenvalue weighted by Gasteiger charge is 2.21. The Morgan fingerprint density at radius 2 is 1.92 bits per heavy atom. The minimum absolute atomic E-state index is 0.00390. The van der Waals surface area contributed by atoms with Crippen molar-refractivity contribution in [2.45, 2.75) is 25.8 Å². The van der Waals surface area contributed by atoms with Gasteiger partial charge in [-0.3, -0.25) is 4.79 Å². The molecule has 0 saturated carbocycles. The zero-order valence-corrected chi connectivity index (χ0v) is 15.1. The number of aromatic nitrogens is 3. The van der Waals surface area contributed by atoms with Crippen molar-refractivity contribution in [1.29, 1.82) is 0 Å². The van der Waals surface area contributed by atoms with E-state index in [1.807, 2.05) is 30.5 Å². The molecule has 4 nitrogen and oxygen atoms in total. The molecule has 0 amide bonds. The van der Waals surface area contributed by atoms with E-state index >= 15 is 0 Å². The van der Waals surface area contributed by atoms with Crippen LogP contribution in [0.4, 0.5) is 0 Å². The quantitative estimate of drug-likeness (QED) is 0.569. The van der Waals surface area contributed by atoms with Crippen molar-refractivity contribution in [3.8, 4) is 11.1 Å². The van der Waals surface area contributed by atoms with Crippen molar-refractivity contribution in [2.24, 2.45) is 0 Å². The fourth-order valence-electron chi connectivity index (χ4n) is 3.72. The van der Waals surface area contributed by atoms with E-state index in [1.165, 1.54) is 16.0 Å². The van der Waals surface area contributed by atoms with Crippen LogP contribution in [0.2, 0.25) is 0 Å². The SMILES string of the molecule is O=c1[nH]c(C[n+]2cccc(-c3ccccc3)c2)nc2sc3c(c12)CCC3. The van der Waals surface area contributed by atoms with E-state index in [0.717, 1.165) is 35.0 Å². The van der Waals surface area contributed by atoms with E-state index in [-0.39, 0.29) is 5.56 Å². The van der Waals surface area contributed by atoms with E-state index in [4.69, 9.17) is 4.98 Å². The summed E-state index contributed by atoms with van der Waals surface area (Å²) in [5.74, 6) is 0.706. The maximum atomic E-state index is 12.6. The molecule has 5 rings (SSSR count). The Labute approximate surface area is 154 Å². The predicted molar refractivity (Wildman–Crippen MR) is 103 cm³/mol. The molecule has 3 heterocycles. The fraction of sp³-hybridized carbons (Fsp3) is 0.190. The van der Waals surface area contributed by atoms with Crippen LogP contribution in [0.3, 0.4) is 0 Å². The van der Waals surface area contributed by atoms with Crippen LogP contribution in [-0.4, -0.2) is 9.97 Å². The standard InChI is InChI=1S/C21H17N3OS/c25-20-19-16-9-4-10-17(16)26-21(19)23-18(22-20)13-24-11-5-8-15(12-24)14-6-2-1-3-7-14/h1-3,5-8,11-12H,4,9-10,13H2/p+1. The first-order valence-corrected chi connectivity index (χ1v) is 9.67. The van der Waals surface area contributed by atoms with Gasteiger partial charge in [-0.15, -0.1) is 11.3 Å². The number of H-pyrrole nitrogens is 1. The zero-order chi connectivity index (χ0) is 17.5. The summed E-state index contributed by atoms with van der Waals surface area (Å²) in [5, 5.41) is 0.814. The average molecular weight is 360 g/mol. The van der Waals surface area contributed by atoms with Gasteiger partial charge in [0.15, 0.2) is 18.2 Å². The fourth-order valence-corrected chi connectivity index (χ4v) is 5.00. The summed E-state index contributed by atoms with van der Waals surface area (Å²) in [6, 6.07) is 14.4. The van der Waals surface area contributed by atoms with Crippen molar-refractivity contribution in [1.82, 2.24) is 9.97 Å². The number of hydrogen-bond donors (Lipinski definition) is 1. The van der Waals surface area contributed by atoms with Crippen LogP contribution in [-0.2, 0) is 19.4 Å². The van der Waals surface area contributed by atoms with E-state index in [2.05, 4.69) is 33.9 Å². The van der Waals surface area contributed by atoms with Gasteiger partial charge in [-0.1, -0.05) is 30.3 Å². The Hall–Kier alpha value is -2.79. The van der Waals surface area contributed by atoms with Gasteiger partial charge in [0.05, 0.1) is 5.39 Å². The van der Waals surface area contributed by atoms with Gasteiger partial charge in [0.25, 0.3) is 5.56 Å². The van der Waals surface area contributed by atoms with Crippen LogP contribution in [0.1, 0.15) is 22.7 Å². The maximum absolute atomic E-state index is 12.6. The predicted octanol–water partition coefficient (Wildman–Crippen LogP) is 3.48. The van der Waals surface area contributed by atoms with Crippen molar-refractivity contribution >= 4 is 21.6 Å². The molecule has 0 saturated heterocycles. The Balaban J connectivity index is 1.51. The van der Waals surface area contributed by atoms with Gasteiger partial charge in [-0.25, -0.2) is 4.98 Å². The third-order valence-corrected chi connectivity index (χ3v) is 6.11. The lowest BCUT2D eigenvalue weighted by atomic mass is 10.1. The third kappa shape index (κ3) is 2.65. The number of nitrogens with one attached hydrogen (secondary N) is 1. The summed E-state index contributed by atoms with van der Waals surface area (Å²) in [4.78, 5) is 22.6. The number of fused-ring (bicyclic) bond motifs is 3. The average Bonchev–Trinajstić information content (AvgIpc) is 3.23. The summed E-state index contributed by atoms with van der Waals surface area (Å²) >= 11 is 1.68. The molecule has 1 aliphatic rings. The molecule has 5 heteroatoms. The minimum Gasteiger partial charge on any atom is -0.305 e. The van der Waals surface area contributed by atoms with Gasteiger partial charge in [0, 0.05) is 16.5 Å². The topological polar surface area (TPSA) is 49.6 Å². The normalized spacial score (nSPS) is 13.2. The molecule has 0 unspecified atom stereocenters. The second-order valence-corrected chi connectivity index (χ2v) is 7.76. The van der Waals surface area contributed by atoms with Gasteiger partial charge in [0.1, 0.15) is 4.83 Å². The lowest BCUT2D eigenvalue weighted by Crippen LogP contribution is -2.35. The van der Waals surface area contributed by atoms with E-state index in [0.29, 0.717) is 12.4 Å². The first-order valence-electron chi connectivity index (χ1n) is 8.86. The molecular weight excluding hydrogens is 342 g/mol. The molecule has 0 aliphatic heterocycles. The molecule has 0 atom stereocenters. The van der Waals surface area contributed by atoms with Gasteiger partial charge < -0.3 is 4.98 Å². The van der Waals surface area contributed by atoms with Crippen LogP contribution in [0, 0.1) is 0 Å². The first-order chi connectivity index (χ1) is 12.8. The second kappa shape index (κ2) is 6.18. The zero-order valence-electron chi connectivity index (χ0n) is 14.2. The molecular formula is C21H18N3OS+. The van der Waals surface area contributed by atoms with Crippen molar-refractivity contribution < 1.29 is 4.57 Å². The highest BCUT2D eigenvalue weighted by molar-refractivity contribution is 7.18. The largest absolute Gasteiger partial charge is 0.305 e. The Morgan fingerprint density at radius 3 is 2.81 bits per heavy atom. The van der Waals surface area contributed by atoms with Crippen LogP contribution in [0.25, 0.3) is 21.3 Å². The highest BCUT2D eigenvalue weighted by Crippen LogP contribution is 2.34. The van der Waals surface area contributed by atoms with Crippen molar-refractivity contribution in [3.05, 3.63) is 81.5 Å². The molecule has 26 heavy (non-hydrogen) atoms. The Kier molecular flexibility index (Phi) is 3.68. The lowest BCUT2D eigenvalue weighted by molar-refractivity contribution is -0.688. The van der Waals surface area contributed by atoms with Gasteiger partial charge >= 0.3 is 0 Å². The first kappa shape index (κ1) is 15.5. The molecule has 0 fully saturated rings. The number of pyridine rings is 1. The molecule has 4 aromatic rings. The summed E-state index contributed by atoms with van der Waals surface area (Å²) in [6.45, 7) is 0.550. The molecule has 1 aliphatic carbocycles. The Bertz CT molecular complexity index is 1160. The summed E-state index contributed by atoms with van der Waals surface area (Å²) in [6.07, 6.45) is 7.34. The minimum atomic E-state index is 0.00390. The number of aromatic amines is 1. The van der Waals surface area contributed by atoms with Crippen LogP contribution < -0.4 is 10.1 Å². The number of hydrogen-bond acceptors (Lipinski definition) is 3. The number of nitrogens with zero attached hydrogens (tertiary/aromatic N) is 2. The third-order valence-electron chi connectivity index (χ3n) is 4.92. The van der Waals surface area contributed by atoms with E-state index < -0.39 is 0 Å². The molecule has 0 spiro atoms. The van der Waals surface area contributed by atoms with E-state index in [1.54, 1.807) is 11.3 Å². The molecule has 0 bridgehead atoms. The molecule has 3 aromatic heterocycles. The Morgan fingerprint density at radius 1 is 1.08 bits per heavy atom. The number of benzene rings is 1. The van der Waals surface area contributed by atoms with Crippen molar-refractivity contribution in [3.63, 3.8) is 0 Å². The smallest absolute Gasteiger partial charge is 0.260 e. The summed E-state index contributed by atoms with van der Waals surface area (Å²) in [7, 11) is 0. The number of thiophene rings is 1. The second-order valence-electron chi connectivity index (χ2n) is 6.68. The van der Waals surface area contributed by atoms with Gasteiger partial charge in [-0.05, 0) is 36.5 Å².